The molecule has 18 heavy (non-hydrogen) atoms. The van der Waals surface area contributed by atoms with Crippen molar-refractivity contribution in [2.45, 2.75) is 20.0 Å². The molecular weight excluding hydrogens is 226 g/mol. The SMILES string of the molecule is COc1cncc(C(O)c2ccc(C)c(C)c2)c1. The normalized spacial score (nSPS) is 12.2. The van der Waals surface area contributed by atoms with Gasteiger partial charge in [-0.1, -0.05) is 18.2 Å². The first kappa shape index (κ1) is 12.6. The van der Waals surface area contributed by atoms with Crippen LogP contribution in [-0.2, 0) is 0 Å². The summed E-state index contributed by atoms with van der Waals surface area (Å²) in [5.74, 6) is 0.649. The van der Waals surface area contributed by atoms with E-state index in [0.29, 0.717) is 5.75 Å². The van der Waals surface area contributed by atoms with Crippen molar-refractivity contribution in [3.63, 3.8) is 0 Å². The molecule has 0 aliphatic carbocycles. The molecule has 0 aliphatic rings. The van der Waals surface area contributed by atoms with Gasteiger partial charge in [0, 0.05) is 11.8 Å². The fourth-order valence-electron chi connectivity index (χ4n) is 1.82. The minimum Gasteiger partial charge on any atom is -0.495 e. The van der Waals surface area contributed by atoms with Crippen molar-refractivity contribution in [3.8, 4) is 5.75 Å². The van der Waals surface area contributed by atoms with E-state index in [9.17, 15) is 5.11 Å². The first-order valence-electron chi connectivity index (χ1n) is 5.86. The molecule has 0 saturated carbocycles. The molecule has 1 aromatic heterocycles. The van der Waals surface area contributed by atoms with Crippen LogP contribution in [0.25, 0.3) is 0 Å². The van der Waals surface area contributed by atoms with Crippen LogP contribution in [0.2, 0.25) is 0 Å². The second kappa shape index (κ2) is 5.19. The number of pyridine rings is 1. The van der Waals surface area contributed by atoms with Crippen LogP contribution < -0.4 is 4.74 Å². The molecule has 94 valence electrons. The predicted octanol–water partition coefficient (Wildman–Crippen LogP) is 2.79. The number of nitrogens with zero attached hydrogens (tertiary/aromatic N) is 1. The van der Waals surface area contributed by atoms with Crippen LogP contribution >= 0.6 is 0 Å². The number of aryl methyl sites for hydroxylation is 2. The van der Waals surface area contributed by atoms with Gasteiger partial charge >= 0.3 is 0 Å². The summed E-state index contributed by atoms with van der Waals surface area (Å²) in [5, 5.41) is 10.3. The summed E-state index contributed by atoms with van der Waals surface area (Å²) >= 11 is 0. The van der Waals surface area contributed by atoms with E-state index in [1.165, 1.54) is 11.1 Å². The van der Waals surface area contributed by atoms with Gasteiger partial charge in [-0.25, -0.2) is 0 Å². The molecule has 0 amide bonds. The molecule has 3 nitrogen and oxygen atoms in total. The van der Waals surface area contributed by atoms with Gasteiger partial charge < -0.3 is 9.84 Å². The lowest BCUT2D eigenvalue weighted by Gasteiger charge is -2.13. The number of methoxy groups -OCH3 is 1. The molecule has 1 heterocycles. The fourth-order valence-corrected chi connectivity index (χ4v) is 1.82. The standard InChI is InChI=1S/C15H17NO2/c1-10-4-5-12(6-11(10)2)15(17)13-7-14(18-3)9-16-8-13/h4-9,15,17H,1-3H3. The quantitative estimate of drug-likeness (QED) is 0.901. The van der Waals surface area contributed by atoms with Gasteiger partial charge in [-0.15, -0.1) is 0 Å². The zero-order chi connectivity index (χ0) is 13.1. The van der Waals surface area contributed by atoms with Gasteiger partial charge in [0.25, 0.3) is 0 Å². The maximum atomic E-state index is 10.3. The third-order valence-corrected chi connectivity index (χ3v) is 3.13. The lowest BCUT2D eigenvalue weighted by Crippen LogP contribution is -2.01. The maximum absolute atomic E-state index is 10.3. The lowest BCUT2D eigenvalue weighted by molar-refractivity contribution is 0.219. The van der Waals surface area contributed by atoms with E-state index in [4.69, 9.17) is 4.74 Å². The Morgan fingerprint density at radius 2 is 1.83 bits per heavy atom. The van der Waals surface area contributed by atoms with E-state index in [-0.39, 0.29) is 0 Å². The van der Waals surface area contributed by atoms with Gasteiger partial charge in [0.1, 0.15) is 11.9 Å². The number of benzene rings is 1. The molecule has 0 bridgehead atoms. The van der Waals surface area contributed by atoms with Crippen LogP contribution in [0, 0.1) is 13.8 Å². The number of aliphatic hydroxyl groups excluding tert-OH is 1. The monoisotopic (exact) mass is 243 g/mol. The number of hydrogen-bond donors (Lipinski definition) is 1. The Hall–Kier alpha value is -1.87. The van der Waals surface area contributed by atoms with Crippen LogP contribution in [0.5, 0.6) is 5.75 Å². The molecule has 0 spiro atoms. The summed E-state index contributed by atoms with van der Waals surface area (Å²) in [6.45, 7) is 4.09. The molecule has 3 heteroatoms. The molecule has 2 rings (SSSR count). The van der Waals surface area contributed by atoms with Crippen LogP contribution in [0.15, 0.2) is 36.7 Å². The van der Waals surface area contributed by atoms with Gasteiger partial charge in [0.15, 0.2) is 0 Å². The molecule has 0 aliphatic heterocycles. The summed E-state index contributed by atoms with van der Waals surface area (Å²) in [6, 6.07) is 7.75. The Morgan fingerprint density at radius 1 is 1.06 bits per heavy atom. The van der Waals surface area contributed by atoms with Gasteiger partial charge in [-0.2, -0.15) is 0 Å². The second-order valence-corrected chi connectivity index (χ2v) is 4.40. The van der Waals surface area contributed by atoms with Crippen molar-refractivity contribution in [2.24, 2.45) is 0 Å². The minimum absolute atomic E-state index is 0.649. The van der Waals surface area contributed by atoms with Crippen LogP contribution in [-0.4, -0.2) is 17.2 Å². The largest absolute Gasteiger partial charge is 0.495 e. The van der Waals surface area contributed by atoms with Gasteiger partial charge in [-0.3, -0.25) is 4.98 Å². The molecule has 2 aromatic rings. The van der Waals surface area contributed by atoms with E-state index in [0.717, 1.165) is 11.1 Å². The summed E-state index contributed by atoms with van der Waals surface area (Å²) in [5.41, 5.74) is 3.99. The minimum atomic E-state index is -0.674. The highest BCUT2D eigenvalue weighted by Gasteiger charge is 2.12. The average molecular weight is 243 g/mol. The average Bonchev–Trinajstić information content (AvgIpc) is 2.41. The molecule has 1 atom stereocenters. The highest BCUT2D eigenvalue weighted by Crippen LogP contribution is 2.25. The Bertz CT molecular complexity index is 552. The molecule has 0 saturated heterocycles. The third kappa shape index (κ3) is 2.51. The topological polar surface area (TPSA) is 42.4 Å². The van der Waals surface area contributed by atoms with Crippen LogP contribution in [0.3, 0.4) is 0 Å². The Kier molecular flexibility index (Phi) is 3.63. The number of ether oxygens (including phenoxy) is 1. The van der Waals surface area contributed by atoms with E-state index >= 15 is 0 Å². The fraction of sp³-hybridized carbons (Fsp3) is 0.267. The molecule has 1 N–H and O–H groups in total. The number of rotatable bonds is 3. The van der Waals surface area contributed by atoms with Gasteiger partial charge in [0.05, 0.1) is 13.3 Å². The number of hydrogen-bond acceptors (Lipinski definition) is 3. The first-order valence-corrected chi connectivity index (χ1v) is 5.86. The Labute approximate surface area is 107 Å². The summed E-state index contributed by atoms with van der Waals surface area (Å²) in [7, 11) is 1.59. The molecule has 1 aromatic carbocycles. The zero-order valence-corrected chi connectivity index (χ0v) is 10.8. The molecule has 1 unspecified atom stereocenters. The van der Waals surface area contributed by atoms with Crippen molar-refractivity contribution in [1.82, 2.24) is 4.98 Å². The molecular formula is C15H17NO2. The number of aliphatic hydroxyl groups is 1. The highest BCUT2D eigenvalue weighted by atomic mass is 16.5. The van der Waals surface area contributed by atoms with Gasteiger partial charge in [-0.05, 0) is 36.6 Å². The van der Waals surface area contributed by atoms with Crippen LogP contribution in [0.4, 0.5) is 0 Å². The predicted molar refractivity (Wildman–Crippen MR) is 70.8 cm³/mol. The smallest absolute Gasteiger partial charge is 0.137 e. The van der Waals surface area contributed by atoms with E-state index < -0.39 is 6.10 Å². The molecule has 0 radical (unpaired) electrons. The molecule has 0 fully saturated rings. The van der Waals surface area contributed by atoms with Crippen molar-refractivity contribution in [1.29, 1.82) is 0 Å². The Balaban J connectivity index is 2.34. The number of aromatic nitrogens is 1. The van der Waals surface area contributed by atoms with Gasteiger partial charge in [0.2, 0.25) is 0 Å². The van der Waals surface area contributed by atoms with Crippen molar-refractivity contribution < 1.29 is 9.84 Å². The highest BCUT2D eigenvalue weighted by molar-refractivity contribution is 5.36. The van der Waals surface area contributed by atoms with Crippen molar-refractivity contribution >= 4 is 0 Å². The van der Waals surface area contributed by atoms with E-state index in [1.54, 1.807) is 25.6 Å². The Morgan fingerprint density at radius 3 is 2.50 bits per heavy atom. The second-order valence-electron chi connectivity index (χ2n) is 4.40. The zero-order valence-electron chi connectivity index (χ0n) is 10.8. The summed E-state index contributed by atoms with van der Waals surface area (Å²) < 4.78 is 5.11. The van der Waals surface area contributed by atoms with Crippen molar-refractivity contribution in [2.75, 3.05) is 7.11 Å². The van der Waals surface area contributed by atoms with Crippen molar-refractivity contribution in [3.05, 3.63) is 58.9 Å². The van der Waals surface area contributed by atoms with Crippen LogP contribution in [0.1, 0.15) is 28.4 Å². The lowest BCUT2D eigenvalue weighted by atomic mass is 9.99. The summed E-state index contributed by atoms with van der Waals surface area (Å²) in [4.78, 5) is 4.06. The van der Waals surface area contributed by atoms with E-state index in [1.807, 2.05) is 25.1 Å². The maximum Gasteiger partial charge on any atom is 0.137 e. The van der Waals surface area contributed by atoms with E-state index in [2.05, 4.69) is 11.9 Å². The summed E-state index contributed by atoms with van der Waals surface area (Å²) in [6.07, 6.45) is 2.60. The first-order chi connectivity index (χ1) is 8.61. The third-order valence-electron chi connectivity index (χ3n) is 3.13.